The topological polar surface area (TPSA) is 83.5 Å². The molecule has 0 aliphatic heterocycles. The van der Waals surface area contributed by atoms with Crippen molar-refractivity contribution in [2.75, 3.05) is 38.5 Å². The van der Waals surface area contributed by atoms with Crippen molar-refractivity contribution < 1.29 is 27.0 Å². The smallest absolute Gasteiger partial charge is 0.333 e. The van der Waals surface area contributed by atoms with Crippen LogP contribution in [0.15, 0.2) is 12.2 Å². The molecule has 0 saturated carbocycles. The lowest BCUT2D eigenvalue weighted by molar-refractivity contribution is -0.925. The first-order chi connectivity index (χ1) is 9.66. The molecule has 0 amide bonds. The van der Waals surface area contributed by atoms with Gasteiger partial charge in [-0.3, -0.25) is 0 Å². The second-order valence-corrected chi connectivity index (χ2v) is 6.83. The fourth-order valence-corrected chi connectivity index (χ4v) is 2.71. The molecule has 124 valence electrons. The Hall–Kier alpha value is -0.920. The summed E-state index contributed by atoms with van der Waals surface area (Å²) in [5, 5.41) is 0. The van der Waals surface area contributed by atoms with Gasteiger partial charge in [-0.2, -0.15) is 0 Å². The molecule has 0 N–H and O–H groups in total. The lowest BCUT2D eigenvalue weighted by Crippen LogP contribution is -2.50. The largest absolute Gasteiger partial charge is 0.748 e. The molecule has 0 atom stereocenters. The van der Waals surface area contributed by atoms with Gasteiger partial charge in [-0.15, -0.1) is 0 Å². The van der Waals surface area contributed by atoms with E-state index in [4.69, 9.17) is 4.74 Å². The molecule has 0 bridgehead atoms. The van der Waals surface area contributed by atoms with Gasteiger partial charge in [0.1, 0.15) is 13.2 Å². The lowest BCUT2D eigenvalue weighted by Gasteiger charge is -2.36. The molecule has 0 aromatic rings. The normalized spacial score (nSPS) is 12.2. The maximum Gasteiger partial charge on any atom is 0.333 e. The Bertz CT molecular complexity index is 440. The molecular formula is C14H27NO5S. The Balaban J connectivity index is 4.29. The van der Waals surface area contributed by atoms with Crippen LogP contribution in [0.4, 0.5) is 0 Å². The van der Waals surface area contributed by atoms with E-state index >= 15 is 0 Å². The monoisotopic (exact) mass is 321 g/mol. The number of carbonyl (C=O) groups excluding carboxylic acids is 1. The third-order valence-electron chi connectivity index (χ3n) is 3.77. The molecule has 0 radical (unpaired) electrons. The van der Waals surface area contributed by atoms with Gasteiger partial charge >= 0.3 is 5.97 Å². The van der Waals surface area contributed by atoms with E-state index in [1.807, 2.05) is 0 Å². The van der Waals surface area contributed by atoms with Gasteiger partial charge in [0.25, 0.3) is 0 Å². The standard InChI is InChI=1S/C14H27NO5S/c1-5-15(6-2,9-7-8-12-21(17,18)19)10-11-20-14(16)13(3)4/h3,5-12H2,1-2,4H3. The minimum absolute atomic E-state index is 0.313. The van der Waals surface area contributed by atoms with E-state index in [1.165, 1.54) is 0 Å². The van der Waals surface area contributed by atoms with Crippen molar-refractivity contribution in [1.82, 2.24) is 0 Å². The highest BCUT2D eigenvalue weighted by molar-refractivity contribution is 7.85. The van der Waals surface area contributed by atoms with Crippen LogP contribution < -0.4 is 0 Å². The van der Waals surface area contributed by atoms with E-state index in [0.717, 1.165) is 24.1 Å². The predicted octanol–water partition coefficient (Wildman–Crippen LogP) is 1.29. The summed E-state index contributed by atoms with van der Waals surface area (Å²) in [5.74, 6) is -0.705. The summed E-state index contributed by atoms with van der Waals surface area (Å²) in [6, 6.07) is 0. The quantitative estimate of drug-likeness (QED) is 0.188. The number of carbonyl (C=O) groups is 1. The summed E-state index contributed by atoms with van der Waals surface area (Å²) in [4.78, 5) is 11.3. The molecule has 0 fully saturated rings. The van der Waals surface area contributed by atoms with Gasteiger partial charge in [-0.25, -0.2) is 13.2 Å². The Morgan fingerprint density at radius 3 is 2.19 bits per heavy atom. The van der Waals surface area contributed by atoms with E-state index in [1.54, 1.807) is 6.92 Å². The third kappa shape index (κ3) is 8.85. The Kier molecular flexibility index (Phi) is 8.77. The molecule has 0 aliphatic carbocycles. The first-order valence-electron chi connectivity index (χ1n) is 7.27. The number of hydrogen-bond acceptors (Lipinski definition) is 5. The van der Waals surface area contributed by atoms with Gasteiger partial charge in [0.05, 0.1) is 29.8 Å². The summed E-state index contributed by atoms with van der Waals surface area (Å²) in [6.07, 6.45) is 1.04. The zero-order chi connectivity index (χ0) is 16.5. The van der Waals surface area contributed by atoms with Crippen LogP contribution in [0.3, 0.4) is 0 Å². The fraction of sp³-hybridized carbons (Fsp3) is 0.786. The van der Waals surface area contributed by atoms with Gasteiger partial charge in [0.15, 0.2) is 0 Å². The fourth-order valence-electron chi connectivity index (χ4n) is 2.15. The molecule has 7 heteroatoms. The zero-order valence-electron chi connectivity index (χ0n) is 13.3. The highest BCUT2D eigenvalue weighted by Crippen LogP contribution is 2.10. The van der Waals surface area contributed by atoms with Gasteiger partial charge in [0.2, 0.25) is 0 Å². The van der Waals surface area contributed by atoms with Crippen molar-refractivity contribution in [3.63, 3.8) is 0 Å². The van der Waals surface area contributed by atoms with Crippen LogP contribution in [0.1, 0.15) is 33.6 Å². The molecule has 0 unspecified atom stereocenters. The molecule has 0 aromatic heterocycles. The molecular weight excluding hydrogens is 294 g/mol. The molecule has 0 rings (SSSR count). The number of quaternary nitrogens is 1. The van der Waals surface area contributed by atoms with E-state index in [-0.39, 0.29) is 5.75 Å². The van der Waals surface area contributed by atoms with Crippen LogP contribution >= 0.6 is 0 Å². The minimum Gasteiger partial charge on any atom is -0.748 e. The van der Waals surface area contributed by atoms with Crippen molar-refractivity contribution >= 4 is 16.1 Å². The van der Waals surface area contributed by atoms with E-state index in [2.05, 4.69) is 20.4 Å². The Morgan fingerprint density at radius 1 is 1.19 bits per heavy atom. The average molecular weight is 321 g/mol. The number of nitrogens with zero attached hydrogens (tertiary/aromatic N) is 1. The second kappa shape index (κ2) is 9.17. The van der Waals surface area contributed by atoms with Crippen molar-refractivity contribution in [2.24, 2.45) is 0 Å². The maximum absolute atomic E-state index is 11.3. The SMILES string of the molecule is C=C(C)C(=O)OCC[N+](CC)(CC)CCCCS(=O)(=O)[O-]. The first kappa shape index (κ1) is 20.1. The highest BCUT2D eigenvalue weighted by atomic mass is 32.2. The summed E-state index contributed by atoms with van der Waals surface area (Å²) in [5.41, 5.74) is 0.377. The van der Waals surface area contributed by atoms with Crippen molar-refractivity contribution in [2.45, 2.75) is 33.6 Å². The van der Waals surface area contributed by atoms with Crippen LogP contribution in [-0.4, -0.2) is 62.0 Å². The van der Waals surface area contributed by atoms with Gasteiger partial charge in [-0.05, 0) is 33.6 Å². The number of esters is 1. The van der Waals surface area contributed by atoms with E-state index < -0.39 is 16.1 Å². The first-order valence-corrected chi connectivity index (χ1v) is 8.85. The molecule has 6 nitrogen and oxygen atoms in total. The van der Waals surface area contributed by atoms with Crippen LogP contribution in [-0.2, 0) is 19.6 Å². The number of likely N-dealkylation sites (N-methyl/N-ethyl adjacent to an activating group) is 1. The second-order valence-electron chi connectivity index (χ2n) is 5.31. The summed E-state index contributed by atoms with van der Waals surface area (Å²) in [6.45, 7) is 12.7. The van der Waals surface area contributed by atoms with Crippen LogP contribution in [0, 0.1) is 0 Å². The Labute approximate surface area is 128 Å². The lowest BCUT2D eigenvalue weighted by atomic mass is 10.2. The molecule has 0 aromatic carbocycles. The Morgan fingerprint density at radius 2 is 1.76 bits per heavy atom. The highest BCUT2D eigenvalue weighted by Gasteiger charge is 2.23. The van der Waals surface area contributed by atoms with E-state index in [9.17, 15) is 17.8 Å². The van der Waals surface area contributed by atoms with Gasteiger partial charge in [0, 0.05) is 11.3 Å². The van der Waals surface area contributed by atoms with Crippen LogP contribution in [0.25, 0.3) is 0 Å². The van der Waals surface area contributed by atoms with Crippen LogP contribution in [0.2, 0.25) is 0 Å². The number of unbranched alkanes of at least 4 members (excludes halogenated alkanes) is 1. The summed E-state index contributed by atoms with van der Waals surface area (Å²) >= 11 is 0. The molecule has 21 heavy (non-hydrogen) atoms. The van der Waals surface area contributed by atoms with E-state index in [0.29, 0.717) is 31.6 Å². The third-order valence-corrected chi connectivity index (χ3v) is 4.55. The van der Waals surface area contributed by atoms with Crippen LogP contribution in [0.5, 0.6) is 0 Å². The van der Waals surface area contributed by atoms with Crippen molar-refractivity contribution in [3.8, 4) is 0 Å². The van der Waals surface area contributed by atoms with Crippen molar-refractivity contribution in [3.05, 3.63) is 12.2 Å². The summed E-state index contributed by atoms with van der Waals surface area (Å²) in [7, 11) is -4.13. The van der Waals surface area contributed by atoms with Crippen molar-refractivity contribution in [1.29, 1.82) is 0 Å². The number of ether oxygens (including phenoxy) is 1. The number of hydrogen-bond donors (Lipinski definition) is 0. The molecule has 0 spiro atoms. The molecule has 0 heterocycles. The average Bonchev–Trinajstić information content (AvgIpc) is 2.40. The van der Waals surface area contributed by atoms with Gasteiger partial charge < -0.3 is 13.8 Å². The minimum atomic E-state index is -4.13. The molecule has 0 aliphatic rings. The zero-order valence-corrected chi connectivity index (χ0v) is 14.1. The predicted molar refractivity (Wildman–Crippen MR) is 80.6 cm³/mol. The summed E-state index contributed by atoms with van der Waals surface area (Å²) < 4.78 is 37.6. The number of rotatable bonds is 11. The van der Waals surface area contributed by atoms with Gasteiger partial charge in [-0.1, -0.05) is 6.58 Å². The molecule has 0 saturated heterocycles. The maximum atomic E-state index is 11.3.